The first kappa shape index (κ1) is 39.0. The van der Waals surface area contributed by atoms with Gasteiger partial charge in [-0.2, -0.15) is 0 Å². The molecule has 4 aromatic rings. The number of aromatic hydroxyl groups is 11. The van der Waals surface area contributed by atoms with Gasteiger partial charge in [0, 0.05) is 11.1 Å². The van der Waals surface area contributed by atoms with Gasteiger partial charge in [-0.15, -0.1) is 0 Å². The van der Waals surface area contributed by atoms with Crippen LogP contribution in [0.15, 0.2) is 36.4 Å². The van der Waals surface area contributed by atoms with Crippen LogP contribution >= 0.6 is 0 Å². The fourth-order valence-electron chi connectivity index (χ4n) is 5.94. The fourth-order valence-corrected chi connectivity index (χ4v) is 5.94. The number of esters is 4. The number of aliphatic hydroxyl groups is 1. The van der Waals surface area contributed by atoms with Crippen molar-refractivity contribution in [2.45, 2.75) is 30.7 Å². The van der Waals surface area contributed by atoms with Gasteiger partial charge in [0.15, 0.2) is 82.1 Å². The number of carbonyl (C=O) groups excluding carboxylic acids is 4. The van der Waals surface area contributed by atoms with Crippen molar-refractivity contribution in [2.75, 3.05) is 13.7 Å². The molecule has 22 nitrogen and oxygen atoms in total. The number of hydrogen-bond acceptors (Lipinski definition) is 22. The maximum Gasteiger partial charge on any atom is 0.339 e. The summed E-state index contributed by atoms with van der Waals surface area (Å²) in [5.41, 5.74) is -4.92. The van der Waals surface area contributed by atoms with E-state index >= 15 is 0 Å². The number of aliphatic hydroxyl groups excluding tert-OH is 1. The lowest BCUT2D eigenvalue weighted by atomic mass is 9.91. The van der Waals surface area contributed by atoms with E-state index in [4.69, 9.17) is 28.4 Å². The highest BCUT2D eigenvalue weighted by Crippen LogP contribution is 2.53. The minimum absolute atomic E-state index is 0.498. The van der Waals surface area contributed by atoms with Crippen LogP contribution in [-0.2, 0) is 23.7 Å². The number of phenolic OH excluding ortho intramolecular Hbond substituents is 11. The molecular weight excluding hydrogens is 772 g/mol. The molecule has 1 fully saturated rings. The normalized spacial score (nSPS) is 20.4. The molecule has 4 aromatic carbocycles. The zero-order chi connectivity index (χ0) is 41.8. The Morgan fingerprint density at radius 3 is 1.56 bits per heavy atom. The second-order valence-corrected chi connectivity index (χ2v) is 12.2. The van der Waals surface area contributed by atoms with E-state index in [1.807, 2.05) is 0 Å². The molecule has 57 heavy (non-hydrogen) atoms. The van der Waals surface area contributed by atoms with Crippen LogP contribution in [0.2, 0.25) is 0 Å². The topological polar surface area (TPSA) is 366 Å². The van der Waals surface area contributed by atoms with Crippen molar-refractivity contribution < 1.29 is 109 Å². The Balaban J connectivity index is 1.52. The number of fused-ring (bicyclic) bond motifs is 4. The number of benzene rings is 4. The lowest BCUT2D eigenvalue weighted by Crippen LogP contribution is -2.62. The number of cyclic esters (lactones) is 1. The summed E-state index contributed by atoms with van der Waals surface area (Å²) in [4.78, 5) is 54.6. The van der Waals surface area contributed by atoms with Crippen molar-refractivity contribution in [3.63, 3.8) is 0 Å². The minimum atomic E-state index is -2.40. The van der Waals surface area contributed by atoms with Crippen LogP contribution in [0.5, 0.6) is 69.0 Å². The van der Waals surface area contributed by atoms with E-state index in [2.05, 4.69) is 0 Å². The molecule has 0 amide bonds. The highest BCUT2D eigenvalue weighted by atomic mass is 16.7. The third-order valence-electron chi connectivity index (χ3n) is 8.73. The molecule has 0 radical (unpaired) electrons. The largest absolute Gasteiger partial charge is 0.504 e. The van der Waals surface area contributed by atoms with Gasteiger partial charge < -0.3 is 89.7 Å². The summed E-state index contributed by atoms with van der Waals surface area (Å²) < 4.78 is 32.2. The average Bonchev–Trinajstić information content (AvgIpc) is 3.18. The number of phenols is 11. The Labute approximate surface area is 315 Å². The monoisotopic (exact) mass is 800 g/mol. The number of carbonyl (C=O) groups is 4. The molecule has 2 aliphatic heterocycles. The van der Waals surface area contributed by atoms with Gasteiger partial charge in [0.25, 0.3) is 0 Å². The van der Waals surface area contributed by atoms with Crippen molar-refractivity contribution in [3.05, 3.63) is 58.7 Å². The molecule has 6 rings (SSSR count). The Kier molecular flexibility index (Phi) is 9.92. The fraction of sp³-hybridized carbons (Fsp3) is 0.200. The first-order valence-corrected chi connectivity index (χ1v) is 15.9. The van der Waals surface area contributed by atoms with E-state index in [-0.39, 0.29) is 0 Å². The molecule has 12 N–H and O–H groups in total. The molecule has 2 aliphatic rings. The minimum Gasteiger partial charge on any atom is -0.504 e. The molecule has 3 unspecified atom stereocenters. The lowest BCUT2D eigenvalue weighted by molar-refractivity contribution is -0.284. The Hall–Kier alpha value is -7.72. The van der Waals surface area contributed by atoms with Gasteiger partial charge in [-0.05, 0) is 36.4 Å². The van der Waals surface area contributed by atoms with Crippen LogP contribution < -0.4 is 4.74 Å². The molecule has 5 atom stereocenters. The van der Waals surface area contributed by atoms with Gasteiger partial charge >= 0.3 is 23.9 Å². The van der Waals surface area contributed by atoms with E-state index in [1.165, 1.54) is 0 Å². The maximum absolute atomic E-state index is 14.1. The van der Waals surface area contributed by atoms with Crippen LogP contribution in [0.4, 0.5) is 0 Å². The molecule has 2 heterocycles. The smallest absolute Gasteiger partial charge is 0.339 e. The highest BCUT2D eigenvalue weighted by molar-refractivity contribution is 6.08. The van der Waals surface area contributed by atoms with Crippen molar-refractivity contribution in [1.29, 1.82) is 0 Å². The Morgan fingerprint density at radius 1 is 0.596 bits per heavy atom. The molecule has 0 aromatic heterocycles. The summed E-state index contributed by atoms with van der Waals surface area (Å²) in [5.74, 6) is -18.9. The molecule has 300 valence electrons. The van der Waals surface area contributed by atoms with Crippen LogP contribution in [0.3, 0.4) is 0 Å². The van der Waals surface area contributed by atoms with E-state index < -0.39 is 164 Å². The molecular formula is C35H28O22. The van der Waals surface area contributed by atoms with Gasteiger partial charge in [-0.1, -0.05) is 0 Å². The molecule has 0 spiro atoms. The van der Waals surface area contributed by atoms with Gasteiger partial charge in [0.05, 0.1) is 29.4 Å². The van der Waals surface area contributed by atoms with Crippen molar-refractivity contribution in [3.8, 4) is 80.1 Å². The molecule has 1 saturated heterocycles. The highest BCUT2D eigenvalue weighted by Gasteiger charge is 2.53. The summed E-state index contributed by atoms with van der Waals surface area (Å²) in [6, 6.07) is 3.77. The van der Waals surface area contributed by atoms with E-state index in [9.17, 15) is 80.5 Å². The predicted octanol–water partition coefficient (Wildman–Crippen LogP) is 0.988. The van der Waals surface area contributed by atoms with Crippen LogP contribution in [-0.4, -0.2) is 130 Å². The predicted molar refractivity (Wildman–Crippen MR) is 178 cm³/mol. The molecule has 0 aliphatic carbocycles. The number of methoxy groups -OCH3 is 1. The SMILES string of the molecule is COc1cc2c(c(O)c1O)-c1c(cc(O)c(O)c1O)C(=O)O[C@H]1C(COC2=O)OC(O)C(OC(=O)c2cc(O)c(O)c(O)c2)[C@H]1OC(=O)c1cc(O)c(O)c(O)c1. The van der Waals surface area contributed by atoms with Gasteiger partial charge in [-0.3, -0.25) is 0 Å². The second-order valence-electron chi connectivity index (χ2n) is 12.2. The molecule has 22 heteroatoms. The van der Waals surface area contributed by atoms with Crippen molar-refractivity contribution in [2.24, 2.45) is 0 Å². The zero-order valence-electron chi connectivity index (χ0n) is 28.5. The van der Waals surface area contributed by atoms with Gasteiger partial charge in [-0.25, -0.2) is 19.2 Å². The van der Waals surface area contributed by atoms with E-state index in [0.717, 1.165) is 13.2 Å². The van der Waals surface area contributed by atoms with Gasteiger partial charge in [0.1, 0.15) is 12.7 Å². The second kappa shape index (κ2) is 14.5. The van der Waals surface area contributed by atoms with Crippen LogP contribution in [0.25, 0.3) is 11.1 Å². The summed E-state index contributed by atoms with van der Waals surface area (Å²) in [6.45, 7) is -1.05. The number of rotatable bonds is 5. The Morgan fingerprint density at radius 2 is 1.05 bits per heavy atom. The zero-order valence-corrected chi connectivity index (χ0v) is 28.5. The Bertz CT molecular complexity index is 2310. The van der Waals surface area contributed by atoms with Crippen molar-refractivity contribution >= 4 is 23.9 Å². The standard InChI is InChI=1S/C35H28O22/c1-52-18-7-12-21(27(46)25(18)44)20-11(6-17(40)24(43)26(20)45)34(50)55-28-19(8-53-33(12)49)54-35(51)30(57-32(48)10-4-15(38)23(42)16(39)5-10)29(28)56-31(47)9-2-13(36)22(41)14(37)3-9/h2-7,19,28-30,35-46,51H,8H2,1H3/t19?,28-,29-,30?,35?/m0/s1. The third kappa shape index (κ3) is 6.80. The maximum atomic E-state index is 14.1. The lowest BCUT2D eigenvalue weighted by Gasteiger charge is -2.42. The summed E-state index contributed by atoms with van der Waals surface area (Å²) in [6.07, 6.45) is -11.1. The molecule has 0 saturated carbocycles. The van der Waals surface area contributed by atoms with E-state index in [0.29, 0.717) is 30.3 Å². The average molecular weight is 801 g/mol. The molecule has 0 bridgehead atoms. The van der Waals surface area contributed by atoms with Gasteiger partial charge in [0.2, 0.25) is 11.5 Å². The third-order valence-corrected chi connectivity index (χ3v) is 8.73. The first-order chi connectivity index (χ1) is 26.8. The van der Waals surface area contributed by atoms with Crippen LogP contribution in [0, 0.1) is 0 Å². The summed E-state index contributed by atoms with van der Waals surface area (Å²) in [7, 11) is 1.03. The summed E-state index contributed by atoms with van der Waals surface area (Å²) >= 11 is 0. The van der Waals surface area contributed by atoms with E-state index in [1.54, 1.807) is 0 Å². The number of ether oxygens (including phenoxy) is 6. The summed E-state index contributed by atoms with van der Waals surface area (Å²) in [5, 5.41) is 124. The number of hydrogen-bond donors (Lipinski definition) is 12. The van der Waals surface area contributed by atoms with Crippen molar-refractivity contribution in [1.82, 2.24) is 0 Å². The van der Waals surface area contributed by atoms with Crippen LogP contribution in [0.1, 0.15) is 41.4 Å². The quantitative estimate of drug-likeness (QED) is 0.0760. The first-order valence-electron chi connectivity index (χ1n) is 15.9.